The molecular weight excluding hydrogens is 344 g/mol. The number of halogens is 2. The predicted octanol–water partition coefficient (Wildman–Crippen LogP) is 2.96. The quantitative estimate of drug-likeness (QED) is 0.625. The molecule has 4 rings (SSSR count). The Morgan fingerprint density at radius 3 is 2.92 bits per heavy atom. The first-order valence-corrected chi connectivity index (χ1v) is 8.16. The van der Waals surface area contributed by atoms with Crippen molar-refractivity contribution in [3.63, 3.8) is 0 Å². The van der Waals surface area contributed by atoms with Crippen molar-refractivity contribution in [1.82, 2.24) is 20.2 Å². The molecule has 1 unspecified atom stereocenters. The average molecular weight is 359 g/mol. The number of aliphatic carboxylic acids is 1. The van der Waals surface area contributed by atoms with E-state index in [1.165, 1.54) is 12.1 Å². The van der Waals surface area contributed by atoms with Gasteiger partial charge in [0.2, 0.25) is 0 Å². The lowest BCUT2D eigenvalue weighted by Crippen LogP contribution is -2.26. The molecule has 1 saturated carbocycles. The van der Waals surface area contributed by atoms with Crippen molar-refractivity contribution < 1.29 is 18.7 Å². The molecule has 134 valence electrons. The van der Waals surface area contributed by atoms with E-state index in [1.54, 1.807) is 6.07 Å². The molecule has 1 fully saturated rings. The van der Waals surface area contributed by atoms with Crippen LogP contribution in [0.15, 0.2) is 24.4 Å². The third-order valence-corrected chi connectivity index (χ3v) is 4.39. The Kier molecular flexibility index (Phi) is 3.98. The van der Waals surface area contributed by atoms with E-state index in [0.717, 1.165) is 19.0 Å². The summed E-state index contributed by atoms with van der Waals surface area (Å²) < 4.78 is 27.7. The molecule has 9 heteroatoms. The van der Waals surface area contributed by atoms with Crippen LogP contribution in [-0.4, -0.2) is 37.3 Å². The number of rotatable bonds is 6. The number of hydrogen-bond acceptors (Lipinski definition) is 5. The fourth-order valence-corrected chi connectivity index (χ4v) is 2.94. The van der Waals surface area contributed by atoms with E-state index in [9.17, 15) is 13.6 Å². The zero-order valence-corrected chi connectivity index (χ0v) is 13.5. The third kappa shape index (κ3) is 3.19. The van der Waals surface area contributed by atoms with Crippen LogP contribution in [0.3, 0.4) is 0 Å². The van der Waals surface area contributed by atoms with Gasteiger partial charge in [-0.05, 0) is 37.0 Å². The van der Waals surface area contributed by atoms with Gasteiger partial charge in [0.05, 0.1) is 18.1 Å². The molecule has 2 heterocycles. The molecule has 0 aliphatic heterocycles. The predicted molar refractivity (Wildman–Crippen MR) is 89.4 cm³/mol. The van der Waals surface area contributed by atoms with E-state index in [-0.39, 0.29) is 24.0 Å². The molecule has 1 aliphatic rings. The van der Waals surface area contributed by atoms with Gasteiger partial charge in [-0.3, -0.25) is 9.89 Å². The van der Waals surface area contributed by atoms with Gasteiger partial charge in [0.15, 0.2) is 17.5 Å². The highest BCUT2D eigenvalue weighted by Crippen LogP contribution is 2.36. The van der Waals surface area contributed by atoms with Crippen molar-refractivity contribution in [2.75, 3.05) is 5.32 Å². The van der Waals surface area contributed by atoms with Crippen LogP contribution in [0.1, 0.15) is 19.3 Å². The molecule has 0 bridgehead atoms. The highest BCUT2D eigenvalue weighted by atomic mass is 19.1. The van der Waals surface area contributed by atoms with Crippen LogP contribution >= 0.6 is 0 Å². The SMILES string of the molecule is O=C(O)CC(Nc1nc(-c2n[nH]c3ccc(F)cc23)ncc1F)C1CC1. The number of nitrogens with one attached hydrogen (secondary N) is 2. The monoisotopic (exact) mass is 359 g/mol. The van der Waals surface area contributed by atoms with Gasteiger partial charge in [0.25, 0.3) is 0 Å². The van der Waals surface area contributed by atoms with Gasteiger partial charge in [-0.15, -0.1) is 0 Å². The van der Waals surface area contributed by atoms with Crippen LogP contribution in [0.4, 0.5) is 14.6 Å². The summed E-state index contributed by atoms with van der Waals surface area (Å²) >= 11 is 0. The number of carboxylic acid groups (broad SMARTS) is 1. The number of H-pyrrole nitrogens is 1. The lowest BCUT2D eigenvalue weighted by Gasteiger charge is -2.17. The Labute approximate surface area is 146 Å². The summed E-state index contributed by atoms with van der Waals surface area (Å²) in [6, 6.07) is 3.73. The standard InChI is InChI=1S/C17H15F2N5O2/c18-9-3-4-12-10(5-9)15(24-23-12)17-20-7-11(19)16(22-17)21-13(6-14(25)26)8-1-2-8/h3-5,7-8,13H,1-2,6H2,(H,23,24)(H,25,26)(H,20,21,22). The van der Waals surface area contributed by atoms with Crippen LogP contribution in [-0.2, 0) is 4.79 Å². The van der Waals surface area contributed by atoms with E-state index in [2.05, 4.69) is 25.5 Å². The van der Waals surface area contributed by atoms with Crippen molar-refractivity contribution in [2.45, 2.75) is 25.3 Å². The second kappa shape index (κ2) is 6.32. The topological polar surface area (TPSA) is 104 Å². The van der Waals surface area contributed by atoms with Crippen molar-refractivity contribution in [2.24, 2.45) is 5.92 Å². The molecular formula is C17H15F2N5O2. The molecule has 1 atom stereocenters. The molecule has 0 amide bonds. The first kappa shape index (κ1) is 16.4. The lowest BCUT2D eigenvalue weighted by molar-refractivity contribution is -0.137. The van der Waals surface area contributed by atoms with Gasteiger partial charge >= 0.3 is 5.97 Å². The van der Waals surface area contributed by atoms with Crippen molar-refractivity contribution in [3.05, 3.63) is 36.0 Å². The molecule has 0 radical (unpaired) electrons. The molecule has 26 heavy (non-hydrogen) atoms. The van der Waals surface area contributed by atoms with Crippen molar-refractivity contribution in [1.29, 1.82) is 0 Å². The largest absolute Gasteiger partial charge is 0.481 e. The number of carboxylic acids is 1. The lowest BCUT2D eigenvalue weighted by atomic mass is 10.1. The fourth-order valence-electron chi connectivity index (χ4n) is 2.94. The summed E-state index contributed by atoms with van der Waals surface area (Å²) in [5.74, 6) is -1.86. The van der Waals surface area contributed by atoms with Crippen LogP contribution in [0.2, 0.25) is 0 Å². The van der Waals surface area contributed by atoms with Gasteiger partial charge in [-0.1, -0.05) is 0 Å². The smallest absolute Gasteiger partial charge is 0.305 e. The molecule has 0 spiro atoms. The van der Waals surface area contributed by atoms with E-state index in [1.807, 2.05) is 0 Å². The maximum atomic E-state index is 14.1. The Morgan fingerprint density at radius 2 is 2.19 bits per heavy atom. The second-order valence-corrected chi connectivity index (χ2v) is 6.34. The Bertz CT molecular complexity index is 986. The minimum Gasteiger partial charge on any atom is -0.481 e. The number of carbonyl (C=O) groups is 1. The summed E-state index contributed by atoms with van der Waals surface area (Å²) in [5.41, 5.74) is 0.898. The van der Waals surface area contributed by atoms with Crippen LogP contribution in [0.25, 0.3) is 22.4 Å². The van der Waals surface area contributed by atoms with Crippen molar-refractivity contribution >= 4 is 22.7 Å². The van der Waals surface area contributed by atoms with E-state index < -0.39 is 23.6 Å². The number of hydrogen-bond donors (Lipinski definition) is 3. The van der Waals surface area contributed by atoms with Gasteiger partial charge < -0.3 is 10.4 Å². The number of aromatic amines is 1. The molecule has 7 nitrogen and oxygen atoms in total. The van der Waals surface area contributed by atoms with Crippen LogP contribution in [0, 0.1) is 17.6 Å². The molecule has 1 aromatic carbocycles. The maximum Gasteiger partial charge on any atom is 0.305 e. The van der Waals surface area contributed by atoms with Crippen LogP contribution < -0.4 is 5.32 Å². The highest BCUT2D eigenvalue weighted by molar-refractivity contribution is 5.91. The van der Waals surface area contributed by atoms with E-state index in [4.69, 9.17) is 5.11 Å². The summed E-state index contributed by atoms with van der Waals surface area (Å²) in [6.07, 6.45) is 2.66. The number of nitrogens with zero attached hydrogens (tertiary/aromatic N) is 3. The van der Waals surface area contributed by atoms with Crippen molar-refractivity contribution in [3.8, 4) is 11.5 Å². The number of benzene rings is 1. The number of fused-ring (bicyclic) bond motifs is 1. The number of aromatic nitrogens is 4. The number of anilines is 1. The first-order valence-electron chi connectivity index (χ1n) is 8.16. The average Bonchev–Trinajstić information content (AvgIpc) is 3.36. The molecule has 3 N–H and O–H groups in total. The minimum atomic E-state index is -0.960. The summed E-state index contributed by atoms with van der Waals surface area (Å²) in [7, 11) is 0. The van der Waals surface area contributed by atoms with E-state index in [0.29, 0.717) is 16.6 Å². The summed E-state index contributed by atoms with van der Waals surface area (Å²) in [5, 5.41) is 19.2. The van der Waals surface area contributed by atoms with Gasteiger partial charge in [0, 0.05) is 11.4 Å². The Hall–Kier alpha value is -3.10. The molecule has 3 aromatic rings. The zero-order chi connectivity index (χ0) is 18.3. The maximum absolute atomic E-state index is 14.1. The minimum absolute atomic E-state index is 0.0827. The third-order valence-electron chi connectivity index (χ3n) is 4.39. The molecule has 0 saturated heterocycles. The van der Waals surface area contributed by atoms with Gasteiger partial charge in [0.1, 0.15) is 11.5 Å². The summed E-state index contributed by atoms with van der Waals surface area (Å²) in [6.45, 7) is 0. The Balaban J connectivity index is 1.69. The van der Waals surface area contributed by atoms with Gasteiger partial charge in [-0.25, -0.2) is 18.7 Å². The second-order valence-electron chi connectivity index (χ2n) is 6.34. The molecule has 2 aromatic heterocycles. The van der Waals surface area contributed by atoms with Crippen LogP contribution in [0.5, 0.6) is 0 Å². The Morgan fingerprint density at radius 1 is 1.38 bits per heavy atom. The zero-order valence-electron chi connectivity index (χ0n) is 13.5. The summed E-state index contributed by atoms with van der Waals surface area (Å²) in [4.78, 5) is 19.1. The molecule has 1 aliphatic carbocycles. The highest BCUT2D eigenvalue weighted by Gasteiger charge is 2.33. The van der Waals surface area contributed by atoms with Gasteiger partial charge in [-0.2, -0.15) is 5.10 Å². The fraction of sp³-hybridized carbons (Fsp3) is 0.294. The first-order chi connectivity index (χ1) is 12.5. The van der Waals surface area contributed by atoms with E-state index >= 15 is 0 Å². The normalized spacial score (nSPS) is 15.2.